The van der Waals surface area contributed by atoms with Crippen molar-refractivity contribution in [1.29, 1.82) is 5.26 Å². The number of nitriles is 1. The molecule has 1 atom stereocenters. The molecule has 96 valence electrons. The predicted molar refractivity (Wildman–Crippen MR) is 72.8 cm³/mol. The number of para-hydroxylation sites is 1. The van der Waals surface area contributed by atoms with Crippen LogP contribution in [0, 0.1) is 18.3 Å². The molecule has 0 aromatic heterocycles. The lowest BCUT2D eigenvalue weighted by atomic mass is 9.96. The molecule has 3 nitrogen and oxygen atoms in total. The Morgan fingerprint density at radius 1 is 1.44 bits per heavy atom. The lowest BCUT2D eigenvalue weighted by molar-refractivity contribution is 0.107. The smallest absolute Gasteiger partial charge is 0.140 e. The van der Waals surface area contributed by atoms with Gasteiger partial charge in [0.05, 0.1) is 19.3 Å². The first-order valence-corrected chi connectivity index (χ1v) is 6.48. The van der Waals surface area contributed by atoms with Gasteiger partial charge in [0, 0.05) is 12.2 Å². The van der Waals surface area contributed by atoms with E-state index in [0.29, 0.717) is 19.1 Å². The lowest BCUT2D eigenvalue weighted by Gasteiger charge is -2.36. The highest BCUT2D eigenvalue weighted by Gasteiger charge is 2.26. The minimum Gasteiger partial charge on any atom is -0.376 e. The molecular formula is C15H20N2O. The van der Waals surface area contributed by atoms with Crippen molar-refractivity contribution in [3.8, 4) is 6.07 Å². The number of hydrogen-bond donors (Lipinski definition) is 0. The molecule has 0 aliphatic carbocycles. The summed E-state index contributed by atoms with van der Waals surface area (Å²) >= 11 is 0. The van der Waals surface area contributed by atoms with Crippen LogP contribution in [-0.2, 0) is 4.74 Å². The van der Waals surface area contributed by atoms with E-state index in [2.05, 4.69) is 49.9 Å². The molecule has 0 radical (unpaired) electrons. The number of rotatable bonds is 2. The largest absolute Gasteiger partial charge is 0.376 e. The van der Waals surface area contributed by atoms with Gasteiger partial charge in [0.1, 0.15) is 6.04 Å². The quantitative estimate of drug-likeness (QED) is 0.802. The summed E-state index contributed by atoms with van der Waals surface area (Å²) in [4.78, 5) is 2.20. The van der Waals surface area contributed by atoms with Gasteiger partial charge in [-0.25, -0.2) is 0 Å². The summed E-state index contributed by atoms with van der Waals surface area (Å²) in [6.45, 7) is 8.50. The van der Waals surface area contributed by atoms with Gasteiger partial charge in [0.15, 0.2) is 0 Å². The van der Waals surface area contributed by atoms with Crippen molar-refractivity contribution in [2.24, 2.45) is 0 Å². The fourth-order valence-corrected chi connectivity index (χ4v) is 2.52. The van der Waals surface area contributed by atoms with Crippen LogP contribution in [-0.4, -0.2) is 25.8 Å². The normalized spacial score (nSPS) is 19.9. The molecule has 1 aliphatic rings. The maximum Gasteiger partial charge on any atom is 0.140 e. The van der Waals surface area contributed by atoms with Crippen molar-refractivity contribution in [2.75, 3.05) is 24.7 Å². The van der Waals surface area contributed by atoms with Gasteiger partial charge >= 0.3 is 0 Å². The van der Waals surface area contributed by atoms with Crippen molar-refractivity contribution in [3.05, 3.63) is 29.3 Å². The highest BCUT2D eigenvalue weighted by atomic mass is 16.5. The van der Waals surface area contributed by atoms with E-state index < -0.39 is 0 Å². The van der Waals surface area contributed by atoms with Gasteiger partial charge in [0.2, 0.25) is 0 Å². The highest BCUT2D eigenvalue weighted by Crippen LogP contribution is 2.32. The second-order valence-electron chi connectivity index (χ2n) is 5.08. The van der Waals surface area contributed by atoms with E-state index in [4.69, 9.17) is 4.74 Å². The molecule has 2 rings (SSSR count). The second-order valence-corrected chi connectivity index (χ2v) is 5.08. The number of morpholine rings is 1. The topological polar surface area (TPSA) is 36.3 Å². The van der Waals surface area contributed by atoms with Crippen LogP contribution in [0.3, 0.4) is 0 Å². The zero-order valence-corrected chi connectivity index (χ0v) is 11.3. The van der Waals surface area contributed by atoms with E-state index in [-0.39, 0.29) is 6.04 Å². The number of anilines is 1. The third-order valence-corrected chi connectivity index (χ3v) is 3.46. The molecule has 1 unspecified atom stereocenters. The molecule has 0 saturated carbocycles. The first-order valence-electron chi connectivity index (χ1n) is 6.48. The van der Waals surface area contributed by atoms with E-state index in [0.717, 1.165) is 6.54 Å². The number of aryl methyl sites for hydroxylation is 1. The fraction of sp³-hybridized carbons (Fsp3) is 0.533. The Kier molecular flexibility index (Phi) is 3.88. The van der Waals surface area contributed by atoms with Crippen molar-refractivity contribution in [2.45, 2.75) is 32.7 Å². The molecule has 1 heterocycles. The summed E-state index contributed by atoms with van der Waals surface area (Å²) in [6, 6.07) is 8.55. The number of hydrogen-bond acceptors (Lipinski definition) is 3. The summed E-state index contributed by atoms with van der Waals surface area (Å²) < 4.78 is 5.40. The third kappa shape index (κ3) is 2.34. The standard InChI is InChI=1S/C15H20N2O/c1-11(2)14-6-4-5-12(3)15(14)17-7-8-18-10-13(17)9-16/h4-6,11,13H,7-8,10H2,1-3H3. The van der Waals surface area contributed by atoms with Gasteiger partial charge in [-0.3, -0.25) is 0 Å². The van der Waals surface area contributed by atoms with Crippen molar-refractivity contribution >= 4 is 5.69 Å². The van der Waals surface area contributed by atoms with Crippen LogP contribution < -0.4 is 4.90 Å². The van der Waals surface area contributed by atoms with Crippen LogP contribution in [0.25, 0.3) is 0 Å². The Bertz CT molecular complexity index is 462. The summed E-state index contributed by atoms with van der Waals surface area (Å²) in [5, 5.41) is 9.27. The Balaban J connectivity index is 2.45. The molecule has 1 fully saturated rings. The second kappa shape index (κ2) is 5.41. The zero-order chi connectivity index (χ0) is 13.1. The number of ether oxygens (including phenoxy) is 1. The molecule has 18 heavy (non-hydrogen) atoms. The third-order valence-electron chi connectivity index (χ3n) is 3.46. The average Bonchev–Trinajstić information content (AvgIpc) is 2.38. The SMILES string of the molecule is Cc1cccc(C(C)C)c1N1CCOCC1C#N. The number of benzene rings is 1. The zero-order valence-electron chi connectivity index (χ0n) is 11.3. The van der Waals surface area contributed by atoms with Crippen molar-refractivity contribution < 1.29 is 4.74 Å². The summed E-state index contributed by atoms with van der Waals surface area (Å²) in [5.74, 6) is 0.460. The van der Waals surface area contributed by atoms with Gasteiger partial charge in [-0.15, -0.1) is 0 Å². The Morgan fingerprint density at radius 3 is 2.89 bits per heavy atom. The van der Waals surface area contributed by atoms with E-state index in [1.807, 2.05) is 0 Å². The molecule has 3 heteroatoms. The maximum atomic E-state index is 9.27. The van der Waals surface area contributed by atoms with Crippen LogP contribution in [0.2, 0.25) is 0 Å². The molecule has 1 aliphatic heterocycles. The van der Waals surface area contributed by atoms with E-state index in [1.54, 1.807) is 0 Å². The summed E-state index contributed by atoms with van der Waals surface area (Å²) in [7, 11) is 0. The molecule has 0 bridgehead atoms. The first kappa shape index (κ1) is 12.9. The molecule has 1 saturated heterocycles. The molecule has 0 amide bonds. The van der Waals surface area contributed by atoms with Crippen LogP contribution >= 0.6 is 0 Å². The fourth-order valence-electron chi connectivity index (χ4n) is 2.52. The summed E-state index contributed by atoms with van der Waals surface area (Å²) in [6.07, 6.45) is 0. The lowest BCUT2D eigenvalue weighted by Crippen LogP contribution is -2.45. The molecular weight excluding hydrogens is 224 g/mol. The van der Waals surface area contributed by atoms with E-state index in [9.17, 15) is 5.26 Å². The van der Waals surface area contributed by atoms with E-state index >= 15 is 0 Å². The van der Waals surface area contributed by atoms with Crippen molar-refractivity contribution in [3.63, 3.8) is 0 Å². The Morgan fingerprint density at radius 2 is 2.22 bits per heavy atom. The van der Waals surface area contributed by atoms with Crippen molar-refractivity contribution in [1.82, 2.24) is 0 Å². The van der Waals surface area contributed by atoms with Gasteiger partial charge < -0.3 is 9.64 Å². The van der Waals surface area contributed by atoms with Crippen LogP contribution in [0.1, 0.15) is 30.9 Å². The Hall–Kier alpha value is -1.53. The molecule has 0 N–H and O–H groups in total. The summed E-state index contributed by atoms with van der Waals surface area (Å²) in [5.41, 5.74) is 3.78. The van der Waals surface area contributed by atoms with Gasteiger partial charge in [0.25, 0.3) is 0 Å². The minimum atomic E-state index is -0.169. The van der Waals surface area contributed by atoms with Gasteiger partial charge in [-0.05, 0) is 24.0 Å². The predicted octanol–water partition coefficient (Wildman–Crippen LogP) is 2.85. The molecule has 1 aromatic rings. The first-order chi connectivity index (χ1) is 8.65. The van der Waals surface area contributed by atoms with Gasteiger partial charge in [-0.2, -0.15) is 5.26 Å². The van der Waals surface area contributed by atoms with E-state index in [1.165, 1.54) is 16.8 Å². The monoisotopic (exact) mass is 244 g/mol. The average molecular weight is 244 g/mol. The maximum absolute atomic E-state index is 9.27. The van der Waals surface area contributed by atoms with Crippen LogP contribution in [0.15, 0.2) is 18.2 Å². The molecule has 0 spiro atoms. The minimum absolute atomic E-state index is 0.169. The van der Waals surface area contributed by atoms with Gasteiger partial charge in [-0.1, -0.05) is 32.0 Å². The van der Waals surface area contributed by atoms with Crippen LogP contribution in [0.5, 0.6) is 0 Å². The highest BCUT2D eigenvalue weighted by molar-refractivity contribution is 5.62. The Labute approximate surface area is 109 Å². The molecule has 1 aromatic carbocycles. The van der Waals surface area contributed by atoms with Crippen LogP contribution in [0.4, 0.5) is 5.69 Å². The number of nitrogens with zero attached hydrogens (tertiary/aromatic N) is 2.